The third kappa shape index (κ3) is 68.8. The summed E-state index contributed by atoms with van der Waals surface area (Å²) in [6.45, 7) is 49.2. The molecule has 0 spiro atoms. The van der Waals surface area contributed by atoms with Crippen molar-refractivity contribution < 1.29 is 99.5 Å². The first-order chi connectivity index (χ1) is 62.3. The summed E-state index contributed by atoms with van der Waals surface area (Å²) in [6, 6.07) is 10.5. The summed E-state index contributed by atoms with van der Waals surface area (Å²) in [5.41, 5.74) is 99.6. The van der Waals surface area contributed by atoms with Gasteiger partial charge in [-0.1, -0.05) is 41.5 Å². The maximum Gasteiger partial charge on any atom is 0.126 e. The van der Waals surface area contributed by atoms with E-state index < -0.39 is 0 Å². The molecule has 2 aromatic carbocycles. The minimum atomic E-state index is -0.289. The average Bonchev–Trinajstić information content (AvgIpc) is 0.896. The van der Waals surface area contributed by atoms with E-state index in [-0.39, 0.29) is 74.8 Å². The monoisotopic (exact) mass is 1880 g/mol. The number of rotatable bonds is 84. The van der Waals surface area contributed by atoms with Gasteiger partial charge in [-0.05, 0) is 87.0 Å². The molecule has 0 amide bonds. The quantitative estimate of drug-likeness (QED) is 0.0414. The minimum absolute atomic E-state index is 0.0256. The minimum Gasteiger partial charge on any atom is -0.492 e. The normalized spacial score (nSPS) is 14.4. The molecule has 7 atom stereocenters. The van der Waals surface area contributed by atoms with Crippen LogP contribution in [0.1, 0.15) is 129 Å². The fraction of sp³-hybridized carbons (Fsp3) is 0.868. The fourth-order valence-corrected chi connectivity index (χ4v) is 11.7. The molecule has 2 aromatic rings. The van der Waals surface area contributed by atoms with E-state index in [0.29, 0.717) is 344 Å². The second-order valence-corrected chi connectivity index (χ2v) is 34.4. The first-order valence-corrected chi connectivity index (χ1v) is 47.0. The van der Waals surface area contributed by atoms with Crippen molar-refractivity contribution in [2.45, 2.75) is 171 Å². The molecular formula is C91H194N18O21. The summed E-state index contributed by atoms with van der Waals surface area (Å²) in [4.78, 5) is 0. The lowest BCUT2D eigenvalue weighted by atomic mass is 9.86. The van der Waals surface area contributed by atoms with Crippen LogP contribution >= 0.6 is 0 Å². The molecule has 0 aliphatic rings. The molecule has 36 N–H and O–H groups in total. The Hall–Kier alpha value is -4.08. The molecule has 0 radical (unpaired) electrons. The van der Waals surface area contributed by atoms with Crippen LogP contribution in [0.4, 0.5) is 0 Å². The molecule has 0 bridgehead atoms. The van der Waals surface area contributed by atoms with E-state index in [4.69, 9.17) is 203 Å². The Morgan fingerprint density at radius 2 is 0.300 bits per heavy atom. The zero-order valence-corrected chi connectivity index (χ0v) is 82.9. The van der Waals surface area contributed by atoms with Gasteiger partial charge in [-0.25, -0.2) is 0 Å². The molecule has 0 saturated carbocycles. The van der Waals surface area contributed by atoms with Crippen molar-refractivity contribution in [3.8, 4) is 34.5 Å². The van der Waals surface area contributed by atoms with Crippen LogP contribution in [0, 0.1) is 32.5 Å². The number of nitrogens with two attached hydrogens (primary N) is 18. The van der Waals surface area contributed by atoms with Gasteiger partial charge in [0.1, 0.15) is 74.1 Å². The van der Waals surface area contributed by atoms with Crippen molar-refractivity contribution >= 4 is 0 Å². The van der Waals surface area contributed by atoms with Crippen LogP contribution < -0.4 is 132 Å². The van der Waals surface area contributed by atoms with Gasteiger partial charge in [-0.3, -0.25) is 0 Å². The smallest absolute Gasteiger partial charge is 0.126 e. The fourth-order valence-electron chi connectivity index (χ4n) is 11.7. The Kier molecular flexibility index (Phi) is 84.3. The van der Waals surface area contributed by atoms with Gasteiger partial charge < -0.3 is 203 Å². The van der Waals surface area contributed by atoms with Crippen molar-refractivity contribution in [3.63, 3.8) is 0 Å². The third-order valence-electron chi connectivity index (χ3n) is 19.9. The van der Waals surface area contributed by atoms with Gasteiger partial charge in [-0.15, -0.1) is 0 Å². The molecule has 7 unspecified atom stereocenters. The van der Waals surface area contributed by atoms with E-state index in [1.54, 1.807) is 36.4 Å². The van der Waals surface area contributed by atoms with Crippen LogP contribution in [-0.2, 0) is 71.1 Å². The molecule has 774 valence electrons. The Morgan fingerprint density at radius 1 is 0.177 bits per heavy atom. The van der Waals surface area contributed by atoms with Gasteiger partial charge in [0.05, 0.1) is 198 Å². The van der Waals surface area contributed by atoms with E-state index in [1.165, 1.54) is 0 Å². The first-order valence-electron chi connectivity index (χ1n) is 47.0. The Labute approximate surface area is 783 Å². The number of hydrogen-bond acceptors (Lipinski definition) is 39. The zero-order chi connectivity index (χ0) is 98.1. The summed E-state index contributed by atoms with van der Waals surface area (Å²) in [5, 5.41) is 0. The number of benzene rings is 2. The standard InChI is InChI=1S/C24H54N4O5.2C20H46N4O5.C15H27N3O3.C12H21N3O3/c1-7-23(13-29-9-19(3)25,14-30-10-20(4)26)17-33-18-24(8-2,15-31-11-21(5)27)16-32-12-22(6)28;2*1-3-19(13-25-9-5-21,14-26-10-6-22)17-29-18-20(4-2,15-27-11-7-23)16-28-12-8-24;1-10(16)7-19-13-4-14(20-8-11(2)17)6-15(5-13)21-9-12(3)18;13-1-4-16-10-7-11(17-5-2-14)9-12(8-10)18-6-3-15/h19-22H,7-18,25-28H2,1-6H3;2*3-18,21-24H2,1-2H3;4-6,10-12H,7-9,16-18H2,1-3H3;7-9H,1-6,13-15H2. The third-order valence-corrected chi connectivity index (χ3v) is 19.9. The molecule has 0 aliphatic heterocycles. The van der Waals surface area contributed by atoms with Crippen molar-refractivity contribution in [2.75, 3.05) is 310 Å². The van der Waals surface area contributed by atoms with Gasteiger partial charge in [0.15, 0.2) is 0 Å². The van der Waals surface area contributed by atoms with Gasteiger partial charge in [-0.2, -0.15) is 0 Å². The lowest BCUT2D eigenvalue weighted by Crippen LogP contribution is -2.43. The van der Waals surface area contributed by atoms with Gasteiger partial charge >= 0.3 is 0 Å². The topological polar surface area (TPSA) is 662 Å². The molecule has 0 saturated heterocycles. The van der Waals surface area contributed by atoms with Crippen molar-refractivity contribution in [3.05, 3.63) is 36.4 Å². The van der Waals surface area contributed by atoms with Gasteiger partial charge in [0.25, 0.3) is 0 Å². The van der Waals surface area contributed by atoms with Crippen LogP contribution in [0.25, 0.3) is 0 Å². The summed E-state index contributed by atoms with van der Waals surface area (Å²) in [5.74, 6) is 3.91. The first kappa shape index (κ1) is 130. The zero-order valence-electron chi connectivity index (χ0n) is 82.9. The SMILES string of the molecule is CC(N)COc1cc(OCC(C)N)cc(OCC(C)N)c1.CCC(COCC(C)N)(COCC(C)N)COCC(CC)(COCC(C)N)COCC(C)N.CCC(COCCN)(COCCN)COCC(CC)(COCCN)COCCN.CCC(COCCN)(COCCN)COCC(CC)(COCCN)COCCN.NCCOc1cc(OCCN)cc(OCCN)c1. The number of ether oxygens (including phenoxy) is 21. The van der Waals surface area contributed by atoms with Crippen molar-refractivity contribution in [1.82, 2.24) is 0 Å². The average molecular weight is 1880 g/mol. The van der Waals surface area contributed by atoms with Crippen molar-refractivity contribution in [2.24, 2.45) is 136 Å². The highest BCUT2D eigenvalue weighted by atomic mass is 16.6. The van der Waals surface area contributed by atoms with Crippen LogP contribution in [-0.4, -0.2) is 352 Å². The summed E-state index contributed by atoms with van der Waals surface area (Å²) < 4.78 is 122. The summed E-state index contributed by atoms with van der Waals surface area (Å²) in [6.07, 6.45) is 5.10. The molecule has 0 aromatic heterocycles. The van der Waals surface area contributed by atoms with Crippen LogP contribution in [0.5, 0.6) is 34.5 Å². The maximum atomic E-state index is 6.33. The molecule has 0 heterocycles. The van der Waals surface area contributed by atoms with E-state index in [2.05, 4.69) is 41.5 Å². The van der Waals surface area contributed by atoms with E-state index in [0.717, 1.165) is 38.5 Å². The second-order valence-electron chi connectivity index (χ2n) is 34.4. The Morgan fingerprint density at radius 3 is 0.423 bits per heavy atom. The Balaban J connectivity index is -0.00000157. The summed E-state index contributed by atoms with van der Waals surface area (Å²) >= 11 is 0. The Bertz CT molecular complexity index is 2420. The lowest BCUT2D eigenvalue weighted by molar-refractivity contribution is -0.113. The molecule has 0 aliphatic carbocycles. The molecule has 39 nitrogen and oxygen atoms in total. The van der Waals surface area contributed by atoms with Gasteiger partial charge in [0.2, 0.25) is 0 Å². The molecule has 39 heteroatoms. The predicted molar refractivity (Wildman–Crippen MR) is 520 cm³/mol. The summed E-state index contributed by atoms with van der Waals surface area (Å²) in [7, 11) is 0. The number of hydrogen-bond donors (Lipinski definition) is 18. The van der Waals surface area contributed by atoms with Gasteiger partial charge in [0, 0.05) is 183 Å². The molecule has 130 heavy (non-hydrogen) atoms. The molecule has 0 fully saturated rings. The maximum absolute atomic E-state index is 6.33. The van der Waals surface area contributed by atoms with Crippen LogP contribution in [0.3, 0.4) is 0 Å². The highest BCUT2D eigenvalue weighted by Gasteiger charge is 2.38. The second kappa shape index (κ2) is 84.2. The van der Waals surface area contributed by atoms with E-state index >= 15 is 0 Å². The van der Waals surface area contributed by atoms with Crippen LogP contribution in [0.15, 0.2) is 36.4 Å². The largest absolute Gasteiger partial charge is 0.492 e. The lowest BCUT2D eigenvalue weighted by Gasteiger charge is -2.36. The van der Waals surface area contributed by atoms with E-state index in [1.807, 2.05) is 48.5 Å². The van der Waals surface area contributed by atoms with Crippen LogP contribution in [0.2, 0.25) is 0 Å². The van der Waals surface area contributed by atoms with E-state index in [9.17, 15) is 0 Å². The highest BCUT2D eigenvalue weighted by Crippen LogP contribution is 2.34. The molecular weight excluding hydrogens is 1680 g/mol. The highest BCUT2D eigenvalue weighted by molar-refractivity contribution is 5.43. The van der Waals surface area contributed by atoms with Crippen molar-refractivity contribution in [1.29, 1.82) is 0 Å². The predicted octanol–water partition coefficient (Wildman–Crippen LogP) is 1.21. The molecule has 2 rings (SSSR count).